The summed E-state index contributed by atoms with van der Waals surface area (Å²) in [5, 5.41) is 6.94. The normalized spacial score (nSPS) is 13.2. The lowest BCUT2D eigenvalue weighted by molar-refractivity contribution is -0.118. The van der Waals surface area contributed by atoms with Crippen LogP contribution >= 0.6 is 0 Å². The Hall–Kier alpha value is -0.930. The fraction of sp³-hybridized carbons (Fsp3) is 0.750. The van der Waals surface area contributed by atoms with Gasteiger partial charge >= 0.3 is 0 Å². The van der Waals surface area contributed by atoms with Crippen molar-refractivity contribution in [1.29, 1.82) is 5.26 Å². The van der Waals surface area contributed by atoms with E-state index in [1.54, 1.807) is 6.92 Å². The number of ether oxygens (including phenoxy) is 1. The number of hydrogen-bond acceptors (Lipinski definition) is 5. The van der Waals surface area contributed by atoms with Crippen LogP contribution in [0.1, 0.15) is 13.3 Å². The van der Waals surface area contributed by atoms with Gasteiger partial charge in [-0.15, -0.1) is 0 Å². The molecule has 0 aliphatic carbocycles. The highest BCUT2D eigenvalue weighted by molar-refractivity contribution is 7.92. The summed E-state index contributed by atoms with van der Waals surface area (Å²) < 4.78 is 26.8. The average molecular weight is 219 g/mol. The van der Waals surface area contributed by atoms with Gasteiger partial charge in [0, 0.05) is 19.3 Å². The number of ketones is 1. The number of sulfone groups is 1. The molecule has 0 N–H and O–H groups in total. The number of rotatable bonds is 6. The topological polar surface area (TPSA) is 84.2 Å². The predicted molar refractivity (Wildman–Crippen MR) is 50.4 cm³/mol. The molecule has 0 heterocycles. The second kappa shape index (κ2) is 5.73. The van der Waals surface area contributed by atoms with Crippen LogP contribution in [-0.2, 0) is 19.4 Å². The molecule has 1 unspecified atom stereocenters. The van der Waals surface area contributed by atoms with Gasteiger partial charge in [0.15, 0.2) is 15.6 Å². The number of hydrogen-bond donors (Lipinski definition) is 0. The van der Waals surface area contributed by atoms with Gasteiger partial charge in [0.05, 0.1) is 12.7 Å². The molecule has 0 saturated carbocycles. The van der Waals surface area contributed by atoms with Gasteiger partial charge in [-0.3, -0.25) is 4.79 Å². The lowest BCUT2D eigenvalue weighted by atomic mass is 10.2. The van der Waals surface area contributed by atoms with Crippen molar-refractivity contribution >= 4 is 15.6 Å². The quantitative estimate of drug-likeness (QED) is 0.583. The first kappa shape index (κ1) is 13.1. The van der Waals surface area contributed by atoms with Gasteiger partial charge in [0.1, 0.15) is 0 Å². The minimum Gasteiger partial charge on any atom is -0.381 e. The molecule has 0 spiro atoms. The molecule has 0 amide bonds. The van der Waals surface area contributed by atoms with Crippen LogP contribution < -0.4 is 0 Å². The third kappa shape index (κ3) is 4.35. The maximum atomic E-state index is 11.2. The third-order valence-electron chi connectivity index (χ3n) is 1.53. The molecule has 1 atom stereocenters. The summed E-state index contributed by atoms with van der Waals surface area (Å²) in [5.74, 6) is -0.608. The van der Waals surface area contributed by atoms with E-state index in [0.29, 0.717) is 6.61 Å². The Bertz CT molecular complexity index is 328. The molecule has 6 heteroatoms. The van der Waals surface area contributed by atoms with Crippen LogP contribution in [0, 0.1) is 11.3 Å². The molecule has 0 rings (SSSR count). The summed E-state index contributed by atoms with van der Waals surface area (Å²) in [4.78, 5) is 11.2. The van der Waals surface area contributed by atoms with Crippen molar-refractivity contribution < 1.29 is 17.9 Å². The zero-order valence-electron chi connectivity index (χ0n) is 8.19. The average Bonchev–Trinajstić information content (AvgIpc) is 2.03. The lowest BCUT2D eigenvalue weighted by Crippen LogP contribution is -2.28. The number of nitrogens with zero attached hydrogens (tertiary/aromatic N) is 1. The van der Waals surface area contributed by atoms with Gasteiger partial charge in [-0.2, -0.15) is 5.26 Å². The summed E-state index contributed by atoms with van der Waals surface area (Å²) in [6.07, 6.45) is 0.832. The summed E-state index contributed by atoms with van der Waals surface area (Å²) in [6, 6.07) is 1.48. The van der Waals surface area contributed by atoms with Gasteiger partial charge in [0.25, 0.3) is 0 Å². The van der Waals surface area contributed by atoms with E-state index in [9.17, 15) is 13.2 Å². The van der Waals surface area contributed by atoms with Gasteiger partial charge < -0.3 is 4.74 Å². The highest BCUT2D eigenvalue weighted by Gasteiger charge is 2.27. The van der Waals surface area contributed by atoms with Crippen molar-refractivity contribution in [2.24, 2.45) is 0 Å². The van der Waals surface area contributed by atoms with Gasteiger partial charge in [0.2, 0.25) is 5.25 Å². The SMILES string of the molecule is CCOCCC(=O)C(C#N)S(C)(=O)=O. The first-order chi connectivity index (χ1) is 6.43. The molecule has 80 valence electrons. The fourth-order valence-electron chi connectivity index (χ4n) is 0.855. The molecule has 0 radical (unpaired) electrons. The van der Waals surface area contributed by atoms with E-state index in [4.69, 9.17) is 10.00 Å². The molecule has 0 saturated heterocycles. The number of carbonyl (C=O) groups is 1. The minimum absolute atomic E-state index is 0.0425. The molecule has 14 heavy (non-hydrogen) atoms. The number of carbonyl (C=O) groups excluding carboxylic acids is 1. The van der Waals surface area contributed by atoms with Crippen LogP contribution in [0.4, 0.5) is 0 Å². The molecule has 0 aromatic heterocycles. The molecular weight excluding hydrogens is 206 g/mol. The van der Waals surface area contributed by atoms with E-state index < -0.39 is 20.9 Å². The summed E-state index contributed by atoms with van der Waals surface area (Å²) in [6.45, 7) is 2.38. The second-order valence-corrected chi connectivity index (χ2v) is 4.88. The smallest absolute Gasteiger partial charge is 0.205 e. The number of Topliss-reactive ketones (excluding diaryl/α,β-unsaturated/α-hetero) is 1. The van der Waals surface area contributed by atoms with Crippen LogP contribution in [0.25, 0.3) is 0 Å². The second-order valence-electron chi connectivity index (χ2n) is 2.75. The molecule has 5 nitrogen and oxygen atoms in total. The van der Waals surface area contributed by atoms with Crippen molar-refractivity contribution in [3.05, 3.63) is 0 Å². The Morgan fingerprint density at radius 1 is 1.57 bits per heavy atom. The van der Waals surface area contributed by atoms with Crippen molar-refractivity contribution in [2.45, 2.75) is 18.6 Å². The van der Waals surface area contributed by atoms with Gasteiger partial charge in [-0.05, 0) is 6.92 Å². The van der Waals surface area contributed by atoms with E-state index in [2.05, 4.69) is 0 Å². The van der Waals surface area contributed by atoms with Gasteiger partial charge in [-0.1, -0.05) is 0 Å². The monoisotopic (exact) mass is 219 g/mol. The first-order valence-electron chi connectivity index (χ1n) is 4.12. The van der Waals surface area contributed by atoms with E-state index >= 15 is 0 Å². The van der Waals surface area contributed by atoms with Crippen LogP contribution in [0.3, 0.4) is 0 Å². The standard InChI is InChI=1S/C8H13NO4S/c1-3-13-5-4-7(10)8(6-9)14(2,11)12/h8H,3-5H2,1-2H3. The molecule has 0 aliphatic heterocycles. The minimum atomic E-state index is -3.62. The lowest BCUT2D eigenvalue weighted by Gasteiger charge is -2.05. The van der Waals surface area contributed by atoms with Crippen molar-refractivity contribution in [3.63, 3.8) is 0 Å². The van der Waals surface area contributed by atoms with E-state index in [-0.39, 0.29) is 13.0 Å². The maximum Gasteiger partial charge on any atom is 0.205 e. The Morgan fingerprint density at radius 2 is 2.14 bits per heavy atom. The highest BCUT2D eigenvalue weighted by Crippen LogP contribution is 2.02. The first-order valence-corrected chi connectivity index (χ1v) is 6.07. The maximum absolute atomic E-state index is 11.2. The summed E-state index contributed by atoms with van der Waals surface area (Å²) in [5.41, 5.74) is 0. The van der Waals surface area contributed by atoms with E-state index in [1.165, 1.54) is 6.07 Å². The Morgan fingerprint density at radius 3 is 2.50 bits per heavy atom. The fourth-order valence-corrected chi connectivity index (χ4v) is 1.64. The summed E-state index contributed by atoms with van der Waals surface area (Å²) in [7, 11) is -3.62. The zero-order valence-corrected chi connectivity index (χ0v) is 9.00. The van der Waals surface area contributed by atoms with Crippen LogP contribution in [0.5, 0.6) is 0 Å². The molecule has 0 bridgehead atoms. The number of nitriles is 1. The molecule has 0 aliphatic rings. The molecule has 0 aromatic carbocycles. The van der Waals surface area contributed by atoms with Crippen molar-refractivity contribution in [1.82, 2.24) is 0 Å². The molecule has 0 fully saturated rings. The molecular formula is C8H13NO4S. The van der Waals surface area contributed by atoms with Crippen molar-refractivity contribution in [2.75, 3.05) is 19.5 Å². The van der Waals surface area contributed by atoms with E-state index in [0.717, 1.165) is 6.26 Å². The zero-order chi connectivity index (χ0) is 11.2. The Balaban J connectivity index is 4.30. The van der Waals surface area contributed by atoms with Crippen LogP contribution in [0.2, 0.25) is 0 Å². The third-order valence-corrected chi connectivity index (χ3v) is 2.76. The largest absolute Gasteiger partial charge is 0.381 e. The van der Waals surface area contributed by atoms with E-state index in [1.807, 2.05) is 0 Å². The molecule has 0 aromatic rings. The Kier molecular flexibility index (Phi) is 5.35. The van der Waals surface area contributed by atoms with Crippen molar-refractivity contribution in [3.8, 4) is 6.07 Å². The van der Waals surface area contributed by atoms with Gasteiger partial charge in [-0.25, -0.2) is 8.42 Å². The van der Waals surface area contributed by atoms with Crippen LogP contribution in [-0.4, -0.2) is 38.9 Å². The predicted octanol–water partition coefficient (Wildman–Crippen LogP) is -0.0811. The highest BCUT2D eigenvalue weighted by atomic mass is 32.2. The summed E-state index contributed by atoms with van der Waals surface area (Å²) >= 11 is 0. The van der Waals surface area contributed by atoms with Crippen LogP contribution in [0.15, 0.2) is 0 Å². The Labute approximate surface area is 83.6 Å².